The van der Waals surface area contributed by atoms with Gasteiger partial charge in [0, 0.05) is 12.6 Å². The SMILES string of the molecule is CC1CCC(O)(CNCC(=O)NC2CC2)CC1. The van der Waals surface area contributed by atoms with E-state index in [1.54, 1.807) is 0 Å². The Labute approximate surface area is 103 Å². The van der Waals surface area contributed by atoms with Crippen LogP contribution in [0.4, 0.5) is 0 Å². The minimum atomic E-state index is -0.591. The summed E-state index contributed by atoms with van der Waals surface area (Å²) in [5, 5.41) is 16.3. The normalized spacial score (nSPS) is 33.4. The fourth-order valence-corrected chi connectivity index (χ4v) is 2.39. The Bertz CT molecular complexity index is 269. The molecule has 0 unspecified atom stereocenters. The Hall–Kier alpha value is -0.610. The van der Waals surface area contributed by atoms with Crippen molar-refractivity contribution >= 4 is 5.91 Å². The van der Waals surface area contributed by atoms with E-state index in [4.69, 9.17) is 0 Å². The average molecular weight is 240 g/mol. The lowest BCUT2D eigenvalue weighted by molar-refractivity contribution is -0.120. The third kappa shape index (κ3) is 4.28. The molecule has 0 radical (unpaired) electrons. The van der Waals surface area contributed by atoms with Gasteiger partial charge in [-0.05, 0) is 44.4 Å². The van der Waals surface area contributed by atoms with Crippen LogP contribution in [-0.4, -0.2) is 35.7 Å². The summed E-state index contributed by atoms with van der Waals surface area (Å²) in [4.78, 5) is 11.4. The summed E-state index contributed by atoms with van der Waals surface area (Å²) in [5.74, 6) is 0.786. The number of hydrogen-bond acceptors (Lipinski definition) is 3. The van der Waals surface area contributed by atoms with Gasteiger partial charge in [-0.25, -0.2) is 0 Å². The van der Waals surface area contributed by atoms with Crippen LogP contribution < -0.4 is 10.6 Å². The summed E-state index contributed by atoms with van der Waals surface area (Å²) < 4.78 is 0. The number of carbonyl (C=O) groups excluding carboxylic acids is 1. The zero-order chi connectivity index (χ0) is 12.3. The van der Waals surface area contributed by atoms with E-state index < -0.39 is 5.60 Å². The molecule has 17 heavy (non-hydrogen) atoms. The average Bonchev–Trinajstić information content (AvgIpc) is 3.07. The van der Waals surface area contributed by atoms with Crippen molar-refractivity contribution in [2.75, 3.05) is 13.1 Å². The zero-order valence-corrected chi connectivity index (χ0v) is 10.7. The van der Waals surface area contributed by atoms with E-state index in [2.05, 4.69) is 17.6 Å². The van der Waals surface area contributed by atoms with Crippen molar-refractivity contribution in [3.63, 3.8) is 0 Å². The van der Waals surface area contributed by atoms with Crippen LogP contribution in [0.5, 0.6) is 0 Å². The van der Waals surface area contributed by atoms with Crippen molar-refractivity contribution in [1.82, 2.24) is 10.6 Å². The van der Waals surface area contributed by atoms with Gasteiger partial charge in [-0.1, -0.05) is 6.92 Å². The lowest BCUT2D eigenvalue weighted by Crippen LogP contribution is -2.46. The molecule has 2 rings (SSSR count). The van der Waals surface area contributed by atoms with Crippen LogP contribution in [0.15, 0.2) is 0 Å². The van der Waals surface area contributed by atoms with Crippen LogP contribution in [0.2, 0.25) is 0 Å². The molecule has 2 aliphatic carbocycles. The molecule has 0 bridgehead atoms. The van der Waals surface area contributed by atoms with Crippen LogP contribution in [0.25, 0.3) is 0 Å². The van der Waals surface area contributed by atoms with Gasteiger partial charge < -0.3 is 15.7 Å². The second kappa shape index (κ2) is 5.36. The summed E-state index contributed by atoms with van der Waals surface area (Å²) in [5.41, 5.74) is -0.591. The van der Waals surface area contributed by atoms with Gasteiger partial charge in [-0.2, -0.15) is 0 Å². The van der Waals surface area contributed by atoms with Crippen LogP contribution >= 0.6 is 0 Å². The van der Waals surface area contributed by atoms with Gasteiger partial charge in [-0.3, -0.25) is 4.79 Å². The summed E-state index contributed by atoms with van der Waals surface area (Å²) in [7, 11) is 0. The standard InChI is InChI=1S/C13H24N2O2/c1-10-4-6-13(17,7-5-10)9-14-8-12(16)15-11-2-3-11/h10-11,14,17H,2-9H2,1H3,(H,15,16). The van der Waals surface area contributed by atoms with Crippen molar-refractivity contribution in [2.24, 2.45) is 5.92 Å². The summed E-state index contributed by atoms with van der Waals surface area (Å²) in [6.45, 7) is 3.10. The molecule has 0 saturated heterocycles. The van der Waals surface area contributed by atoms with Gasteiger partial charge in [0.05, 0.1) is 12.1 Å². The van der Waals surface area contributed by atoms with Crippen molar-refractivity contribution in [3.05, 3.63) is 0 Å². The third-order valence-corrected chi connectivity index (χ3v) is 3.89. The van der Waals surface area contributed by atoms with Crippen molar-refractivity contribution in [1.29, 1.82) is 0 Å². The Morgan fingerprint density at radius 1 is 1.29 bits per heavy atom. The maximum atomic E-state index is 11.4. The second-order valence-electron chi connectivity index (χ2n) is 5.85. The van der Waals surface area contributed by atoms with Crippen molar-refractivity contribution < 1.29 is 9.90 Å². The van der Waals surface area contributed by atoms with Gasteiger partial charge in [0.25, 0.3) is 0 Å². The molecule has 2 aliphatic rings. The first-order valence-corrected chi connectivity index (χ1v) is 6.80. The molecule has 0 aliphatic heterocycles. The molecule has 0 aromatic carbocycles. The Balaban J connectivity index is 1.61. The molecule has 4 nitrogen and oxygen atoms in total. The summed E-state index contributed by atoms with van der Waals surface area (Å²) in [6, 6.07) is 0.419. The first-order chi connectivity index (χ1) is 8.07. The minimum Gasteiger partial charge on any atom is -0.389 e. The van der Waals surface area contributed by atoms with E-state index in [-0.39, 0.29) is 5.91 Å². The molecule has 0 heterocycles. The largest absolute Gasteiger partial charge is 0.389 e. The first kappa shape index (κ1) is 12.8. The summed E-state index contributed by atoms with van der Waals surface area (Å²) in [6.07, 6.45) is 6.12. The molecule has 98 valence electrons. The maximum absolute atomic E-state index is 11.4. The molecule has 0 aromatic rings. The van der Waals surface area contributed by atoms with Crippen molar-refractivity contribution in [2.45, 2.75) is 57.1 Å². The van der Waals surface area contributed by atoms with Gasteiger partial charge in [-0.15, -0.1) is 0 Å². The molecule has 2 fully saturated rings. The first-order valence-electron chi connectivity index (χ1n) is 6.80. The Kier molecular flexibility index (Phi) is 4.05. The highest BCUT2D eigenvalue weighted by molar-refractivity contribution is 5.78. The predicted molar refractivity (Wildman–Crippen MR) is 66.6 cm³/mol. The highest BCUT2D eigenvalue weighted by Crippen LogP contribution is 2.31. The number of aliphatic hydroxyl groups is 1. The van der Waals surface area contributed by atoms with Crippen molar-refractivity contribution in [3.8, 4) is 0 Å². The fraction of sp³-hybridized carbons (Fsp3) is 0.923. The number of hydrogen-bond donors (Lipinski definition) is 3. The molecule has 0 atom stereocenters. The van der Waals surface area contributed by atoms with Crippen LogP contribution in [0.3, 0.4) is 0 Å². The molecule has 3 N–H and O–H groups in total. The van der Waals surface area contributed by atoms with E-state index in [9.17, 15) is 9.90 Å². The van der Waals surface area contributed by atoms with Crippen LogP contribution in [-0.2, 0) is 4.79 Å². The second-order valence-corrected chi connectivity index (χ2v) is 5.85. The Morgan fingerprint density at radius 3 is 2.53 bits per heavy atom. The van der Waals surface area contributed by atoms with Gasteiger partial charge >= 0.3 is 0 Å². The van der Waals surface area contributed by atoms with Gasteiger partial charge in [0.2, 0.25) is 5.91 Å². The quantitative estimate of drug-likeness (QED) is 0.666. The smallest absolute Gasteiger partial charge is 0.234 e. The summed E-state index contributed by atoms with van der Waals surface area (Å²) >= 11 is 0. The molecule has 0 spiro atoms. The van der Waals surface area contributed by atoms with E-state index in [0.717, 1.165) is 44.4 Å². The highest BCUT2D eigenvalue weighted by atomic mass is 16.3. The van der Waals surface area contributed by atoms with Crippen LogP contribution in [0, 0.1) is 5.92 Å². The maximum Gasteiger partial charge on any atom is 0.234 e. The minimum absolute atomic E-state index is 0.0558. The van der Waals surface area contributed by atoms with E-state index >= 15 is 0 Å². The Morgan fingerprint density at radius 2 is 1.94 bits per heavy atom. The molecular weight excluding hydrogens is 216 g/mol. The lowest BCUT2D eigenvalue weighted by atomic mass is 9.79. The third-order valence-electron chi connectivity index (χ3n) is 3.89. The molecule has 2 saturated carbocycles. The lowest BCUT2D eigenvalue weighted by Gasteiger charge is -2.35. The van der Waals surface area contributed by atoms with Crippen LogP contribution in [0.1, 0.15) is 45.4 Å². The number of carbonyl (C=O) groups is 1. The van der Waals surface area contributed by atoms with E-state index in [1.807, 2.05) is 0 Å². The fourth-order valence-electron chi connectivity index (χ4n) is 2.39. The van der Waals surface area contributed by atoms with E-state index in [1.165, 1.54) is 0 Å². The topological polar surface area (TPSA) is 61.4 Å². The number of nitrogens with one attached hydrogen (secondary N) is 2. The molecule has 4 heteroatoms. The monoisotopic (exact) mass is 240 g/mol. The molecule has 1 amide bonds. The van der Waals surface area contributed by atoms with Gasteiger partial charge in [0.15, 0.2) is 0 Å². The predicted octanol–water partition coefficient (Wildman–Crippen LogP) is 0.796. The number of rotatable bonds is 5. The zero-order valence-electron chi connectivity index (χ0n) is 10.7. The van der Waals surface area contributed by atoms with E-state index in [0.29, 0.717) is 19.1 Å². The highest BCUT2D eigenvalue weighted by Gasteiger charge is 2.31. The number of amides is 1. The molecule has 0 aromatic heterocycles. The molecular formula is C13H24N2O2. The van der Waals surface area contributed by atoms with Gasteiger partial charge in [0.1, 0.15) is 0 Å².